The first-order valence-electron chi connectivity index (χ1n) is 7.07. The van der Waals surface area contributed by atoms with Crippen molar-refractivity contribution in [2.75, 3.05) is 20.8 Å². The smallest absolute Gasteiger partial charge is 0.259 e. The van der Waals surface area contributed by atoms with Gasteiger partial charge < -0.3 is 19.9 Å². The Bertz CT molecular complexity index is 648. The molecule has 1 aliphatic carbocycles. The zero-order valence-electron chi connectivity index (χ0n) is 12.9. The van der Waals surface area contributed by atoms with E-state index in [4.69, 9.17) is 9.47 Å². The molecule has 0 atom stereocenters. The van der Waals surface area contributed by atoms with Crippen molar-refractivity contribution >= 4 is 17.4 Å². The van der Waals surface area contributed by atoms with Gasteiger partial charge in [-0.25, -0.2) is 0 Å². The maximum atomic E-state index is 12.4. The maximum Gasteiger partial charge on any atom is 0.259 e. The molecule has 2 rings (SSSR count). The lowest BCUT2D eigenvalue weighted by Gasteiger charge is -2.09. The predicted molar refractivity (Wildman–Crippen MR) is 81.3 cm³/mol. The van der Waals surface area contributed by atoms with Crippen LogP contribution in [0.25, 0.3) is 5.76 Å². The summed E-state index contributed by atoms with van der Waals surface area (Å²) >= 11 is 0. The number of Topliss-reactive ketones (excluding diaryl/α,β-unsaturated/α-hetero) is 1. The van der Waals surface area contributed by atoms with E-state index in [-0.39, 0.29) is 22.5 Å². The highest BCUT2D eigenvalue weighted by molar-refractivity contribution is 6.34. The van der Waals surface area contributed by atoms with Crippen LogP contribution in [0.15, 0.2) is 17.7 Å². The number of fused-ring (bicyclic) bond motifs is 1. The second-order valence-electron chi connectivity index (χ2n) is 4.91. The van der Waals surface area contributed by atoms with Crippen molar-refractivity contribution in [3.63, 3.8) is 0 Å². The van der Waals surface area contributed by atoms with Gasteiger partial charge in [0, 0.05) is 17.7 Å². The summed E-state index contributed by atoms with van der Waals surface area (Å²) in [5.74, 6) is -0.647. The molecule has 0 aromatic heterocycles. The van der Waals surface area contributed by atoms with Crippen molar-refractivity contribution in [3.05, 3.63) is 28.8 Å². The summed E-state index contributed by atoms with van der Waals surface area (Å²) in [6.07, 6.45) is 1.73. The number of aliphatic hydroxyl groups excluding tert-OH is 1. The number of ketones is 1. The molecule has 0 spiro atoms. The van der Waals surface area contributed by atoms with Gasteiger partial charge in [0.2, 0.25) is 5.78 Å². The number of benzene rings is 1. The topological polar surface area (TPSA) is 84.9 Å². The third-order valence-electron chi connectivity index (χ3n) is 3.53. The van der Waals surface area contributed by atoms with Crippen LogP contribution in [-0.4, -0.2) is 37.6 Å². The first-order chi connectivity index (χ1) is 10.5. The van der Waals surface area contributed by atoms with Crippen molar-refractivity contribution in [1.29, 1.82) is 0 Å². The number of amides is 1. The van der Waals surface area contributed by atoms with Gasteiger partial charge in [0.1, 0.15) is 11.3 Å². The van der Waals surface area contributed by atoms with E-state index in [9.17, 15) is 14.7 Å². The molecule has 1 aromatic rings. The molecule has 6 heteroatoms. The molecule has 0 saturated heterocycles. The molecule has 0 heterocycles. The second-order valence-corrected chi connectivity index (χ2v) is 4.91. The molecule has 2 N–H and O–H groups in total. The summed E-state index contributed by atoms with van der Waals surface area (Å²) in [5.41, 5.74) is 0.278. The minimum absolute atomic E-state index is 0.232. The van der Waals surface area contributed by atoms with Crippen LogP contribution < -0.4 is 14.8 Å². The number of unbranched alkanes of at least 4 members (excludes halogenated alkanes) is 1. The number of ether oxygens (including phenoxy) is 2. The molecule has 22 heavy (non-hydrogen) atoms. The number of rotatable bonds is 6. The van der Waals surface area contributed by atoms with Crippen LogP contribution in [0.1, 0.15) is 35.7 Å². The second kappa shape index (κ2) is 6.51. The van der Waals surface area contributed by atoms with Crippen molar-refractivity contribution in [2.24, 2.45) is 0 Å². The van der Waals surface area contributed by atoms with E-state index in [1.165, 1.54) is 26.4 Å². The van der Waals surface area contributed by atoms with Crippen molar-refractivity contribution in [3.8, 4) is 11.5 Å². The Morgan fingerprint density at radius 3 is 2.32 bits per heavy atom. The molecular formula is C16H19NO5. The Morgan fingerprint density at radius 2 is 1.77 bits per heavy atom. The highest BCUT2D eigenvalue weighted by Gasteiger charge is 2.35. The summed E-state index contributed by atoms with van der Waals surface area (Å²) in [4.78, 5) is 24.5. The molecule has 1 aromatic carbocycles. The van der Waals surface area contributed by atoms with E-state index in [1.807, 2.05) is 6.92 Å². The normalized spacial score (nSPS) is 13.1. The minimum Gasteiger partial charge on any atom is -0.506 e. The lowest BCUT2D eigenvalue weighted by molar-refractivity contribution is -0.117. The first-order valence-corrected chi connectivity index (χ1v) is 7.07. The van der Waals surface area contributed by atoms with E-state index in [2.05, 4.69) is 5.32 Å². The number of carbonyl (C=O) groups excluding carboxylic acids is 2. The summed E-state index contributed by atoms with van der Waals surface area (Å²) < 4.78 is 10.3. The fraction of sp³-hybridized carbons (Fsp3) is 0.375. The molecule has 0 fully saturated rings. The van der Waals surface area contributed by atoms with Gasteiger partial charge in [0.05, 0.1) is 14.2 Å². The standard InChI is InChI=1S/C16H19NO5/c1-4-5-6-17-16(20)13-14(18)9-7-11(21-2)12(22-3)8-10(9)15(13)19/h7-8,18H,4-6H2,1-3H3,(H,17,20). The highest BCUT2D eigenvalue weighted by Crippen LogP contribution is 2.39. The highest BCUT2D eigenvalue weighted by atomic mass is 16.5. The lowest BCUT2D eigenvalue weighted by Crippen LogP contribution is -2.28. The van der Waals surface area contributed by atoms with Gasteiger partial charge in [-0.3, -0.25) is 9.59 Å². The Labute approximate surface area is 128 Å². The summed E-state index contributed by atoms with van der Waals surface area (Å²) in [6.45, 7) is 2.46. The average Bonchev–Trinajstić information content (AvgIpc) is 2.77. The Kier molecular flexibility index (Phi) is 4.70. The predicted octanol–water partition coefficient (Wildman–Crippen LogP) is 2.09. The van der Waals surface area contributed by atoms with Gasteiger partial charge in [-0.1, -0.05) is 13.3 Å². The van der Waals surface area contributed by atoms with E-state index in [0.29, 0.717) is 18.0 Å². The van der Waals surface area contributed by atoms with Crippen molar-refractivity contribution < 1.29 is 24.2 Å². The molecule has 0 aliphatic heterocycles. The zero-order valence-corrected chi connectivity index (χ0v) is 12.9. The molecular weight excluding hydrogens is 286 g/mol. The van der Waals surface area contributed by atoms with Gasteiger partial charge in [-0.05, 0) is 18.6 Å². The SMILES string of the molecule is CCCCNC(=O)C1=C(O)c2cc(OC)c(OC)cc2C1=O. The third-order valence-corrected chi connectivity index (χ3v) is 3.53. The molecule has 0 saturated carbocycles. The van der Waals surface area contributed by atoms with Gasteiger partial charge in [0.15, 0.2) is 11.5 Å². The fourth-order valence-electron chi connectivity index (χ4n) is 2.32. The maximum absolute atomic E-state index is 12.4. The van der Waals surface area contributed by atoms with Crippen molar-refractivity contribution in [1.82, 2.24) is 5.32 Å². The Balaban J connectivity index is 2.37. The monoisotopic (exact) mass is 305 g/mol. The third kappa shape index (κ3) is 2.64. The summed E-state index contributed by atoms with van der Waals surface area (Å²) in [5, 5.41) is 12.9. The van der Waals surface area contributed by atoms with E-state index < -0.39 is 11.7 Å². The largest absolute Gasteiger partial charge is 0.506 e. The first kappa shape index (κ1) is 15.9. The molecule has 6 nitrogen and oxygen atoms in total. The van der Waals surface area contributed by atoms with Crippen LogP contribution in [0.5, 0.6) is 11.5 Å². The lowest BCUT2D eigenvalue weighted by atomic mass is 10.1. The fourth-order valence-corrected chi connectivity index (χ4v) is 2.32. The quantitative estimate of drug-likeness (QED) is 0.621. The molecule has 0 unspecified atom stereocenters. The zero-order chi connectivity index (χ0) is 16.3. The number of hydrogen-bond acceptors (Lipinski definition) is 5. The summed E-state index contributed by atoms with van der Waals surface area (Å²) in [7, 11) is 2.91. The molecule has 1 amide bonds. The number of aliphatic hydroxyl groups is 1. The van der Waals surface area contributed by atoms with Gasteiger partial charge in [-0.2, -0.15) is 0 Å². The van der Waals surface area contributed by atoms with Crippen LogP contribution in [-0.2, 0) is 4.79 Å². The number of hydrogen-bond donors (Lipinski definition) is 2. The minimum atomic E-state index is -0.565. The van der Waals surface area contributed by atoms with Crippen LogP contribution in [0.3, 0.4) is 0 Å². The van der Waals surface area contributed by atoms with Crippen molar-refractivity contribution in [2.45, 2.75) is 19.8 Å². The van der Waals surface area contributed by atoms with Crippen LogP contribution in [0, 0.1) is 0 Å². The number of carbonyl (C=O) groups is 2. The summed E-state index contributed by atoms with van der Waals surface area (Å²) in [6, 6.07) is 2.97. The average molecular weight is 305 g/mol. The molecule has 118 valence electrons. The van der Waals surface area contributed by atoms with Gasteiger partial charge in [0.25, 0.3) is 5.91 Å². The van der Waals surface area contributed by atoms with Crippen LogP contribution in [0.2, 0.25) is 0 Å². The number of nitrogens with one attached hydrogen (secondary N) is 1. The van der Waals surface area contributed by atoms with Gasteiger partial charge in [-0.15, -0.1) is 0 Å². The van der Waals surface area contributed by atoms with Gasteiger partial charge >= 0.3 is 0 Å². The van der Waals surface area contributed by atoms with E-state index >= 15 is 0 Å². The molecule has 1 aliphatic rings. The number of methoxy groups -OCH3 is 2. The molecule has 0 bridgehead atoms. The Hall–Kier alpha value is -2.50. The molecule has 0 radical (unpaired) electrons. The van der Waals surface area contributed by atoms with Crippen LogP contribution in [0.4, 0.5) is 0 Å². The van der Waals surface area contributed by atoms with E-state index in [1.54, 1.807) is 0 Å². The van der Waals surface area contributed by atoms with E-state index in [0.717, 1.165) is 12.8 Å². The van der Waals surface area contributed by atoms with Crippen LogP contribution >= 0.6 is 0 Å². The Morgan fingerprint density at radius 1 is 1.18 bits per heavy atom.